The molecule has 0 saturated heterocycles. The summed E-state index contributed by atoms with van der Waals surface area (Å²) in [4.78, 5) is 23.4. The number of nitrogens with one attached hydrogen (secondary N) is 1. The Labute approximate surface area is 146 Å². The summed E-state index contributed by atoms with van der Waals surface area (Å²) in [5, 5.41) is 13.1. The third-order valence-electron chi connectivity index (χ3n) is 3.36. The maximum atomic E-state index is 11.8. The molecule has 0 unspecified atom stereocenters. The number of aromatic hydroxyl groups is 1. The van der Waals surface area contributed by atoms with Crippen molar-refractivity contribution in [2.24, 2.45) is 5.10 Å². The second-order valence-corrected chi connectivity index (χ2v) is 5.39. The zero-order valence-corrected chi connectivity index (χ0v) is 13.9. The quantitative estimate of drug-likeness (QED) is 0.350. The van der Waals surface area contributed by atoms with Gasteiger partial charge >= 0.3 is 5.97 Å². The van der Waals surface area contributed by atoms with Crippen LogP contribution in [-0.4, -0.2) is 23.2 Å². The number of nitrogens with zero attached hydrogens (tertiary/aromatic N) is 1. The molecule has 0 spiro atoms. The molecule has 2 rings (SSSR count). The molecule has 0 aromatic heterocycles. The van der Waals surface area contributed by atoms with Crippen molar-refractivity contribution >= 4 is 18.1 Å². The van der Waals surface area contributed by atoms with E-state index >= 15 is 0 Å². The lowest BCUT2D eigenvalue weighted by Crippen LogP contribution is -2.17. The first-order chi connectivity index (χ1) is 12.1. The van der Waals surface area contributed by atoms with Crippen LogP contribution < -0.4 is 10.2 Å². The maximum Gasteiger partial charge on any atom is 0.311 e. The van der Waals surface area contributed by atoms with Crippen molar-refractivity contribution in [3.63, 3.8) is 0 Å². The van der Waals surface area contributed by atoms with E-state index in [1.165, 1.54) is 30.5 Å². The van der Waals surface area contributed by atoms with Crippen LogP contribution in [0.1, 0.15) is 42.1 Å². The molecule has 0 saturated carbocycles. The molecular weight excluding hydrogens is 320 g/mol. The molecular formula is C19H20N2O4. The molecule has 0 heterocycles. The molecule has 1 amide bonds. The van der Waals surface area contributed by atoms with Gasteiger partial charge in [-0.1, -0.05) is 13.3 Å². The molecule has 0 atom stereocenters. The number of amides is 1. The Balaban J connectivity index is 1.85. The van der Waals surface area contributed by atoms with Crippen molar-refractivity contribution < 1.29 is 19.4 Å². The minimum absolute atomic E-state index is 0.0931. The Morgan fingerprint density at radius 1 is 1.12 bits per heavy atom. The monoisotopic (exact) mass is 340 g/mol. The summed E-state index contributed by atoms with van der Waals surface area (Å²) in [5.41, 5.74) is 3.54. The fraction of sp³-hybridized carbons (Fsp3) is 0.211. The Morgan fingerprint density at radius 2 is 1.80 bits per heavy atom. The number of carbonyl (C=O) groups excluding carboxylic acids is 2. The van der Waals surface area contributed by atoms with Crippen LogP contribution in [-0.2, 0) is 4.79 Å². The summed E-state index contributed by atoms with van der Waals surface area (Å²) in [6.07, 6.45) is 3.65. The molecule has 130 valence electrons. The molecule has 2 aromatic carbocycles. The minimum atomic E-state index is -0.377. The third-order valence-corrected chi connectivity index (χ3v) is 3.36. The highest BCUT2D eigenvalue weighted by Crippen LogP contribution is 2.13. The van der Waals surface area contributed by atoms with Crippen LogP contribution in [0, 0.1) is 0 Å². The predicted octanol–water partition coefficient (Wildman–Crippen LogP) is 3.25. The number of ether oxygens (including phenoxy) is 1. The van der Waals surface area contributed by atoms with E-state index in [2.05, 4.69) is 10.5 Å². The molecule has 6 heteroatoms. The molecule has 0 aliphatic rings. The van der Waals surface area contributed by atoms with Crippen LogP contribution in [0.3, 0.4) is 0 Å². The van der Waals surface area contributed by atoms with Gasteiger partial charge in [0, 0.05) is 12.0 Å². The standard InChI is InChI=1S/C19H20N2O4/c1-2-3-4-18(23)25-17-11-5-14(6-12-17)13-20-21-19(24)15-7-9-16(22)10-8-15/h5-13,22H,2-4H2,1H3,(H,21,24)/b20-13+. The fourth-order valence-electron chi connectivity index (χ4n) is 1.97. The summed E-state index contributed by atoms with van der Waals surface area (Å²) in [7, 11) is 0. The van der Waals surface area contributed by atoms with E-state index in [9.17, 15) is 14.7 Å². The molecule has 2 N–H and O–H groups in total. The predicted molar refractivity (Wildman–Crippen MR) is 94.8 cm³/mol. The summed E-state index contributed by atoms with van der Waals surface area (Å²) >= 11 is 0. The van der Waals surface area contributed by atoms with Crippen molar-refractivity contribution in [3.05, 3.63) is 59.7 Å². The van der Waals surface area contributed by atoms with Crippen molar-refractivity contribution in [1.29, 1.82) is 0 Å². The summed E-state index contributed by atoms with van der Waals surface area (Å²) in [5.74, 6) is -0.0518. The van der Waals surface area contributed by atoms with E-state index in [0.29, 0.717) is 17.7 Å². The number of hydrazone groups is 1. The van der Waals surface area contributed by atoms with Crippen molar-refractivity contribution in [1.82, 2.24) is 5.43 Å². The first kappa shape index (κ1) is 18.2. The van der Waals surface area contributed by atoms with Crippen LogP contribution in [0.25, 0.3) is 0 Å². The van der Waals surface area contributed by atoms with Gasteiger partial charge in [0.25, 0.3) is 5.91 Å². The van der Waals surface area contributed by atoms with Gasteiger partial charge in [0.15, 0.2) is 0 Å². The molecule has 2 aromatic rings. The first-order valence-electron chi connectivity index (χ1n) is 8.01. The van der Waals surface area contributed by atoms with E-state index in [0.717, 1.165) is 18.4 Å². The van der Waals surface area contributed by atoms with Crippen molar-refractivity contribution in [2.45, 2.75) is 26.2 Å². The van der Waals surface area contributed by atoms with E-state index in [1.807, 2.05) is 6.92 Å². The van der Waals surface area contributed by atoms with Gasteiger partial charge in [0.1, 0.15) is 11.5 Å². The van der Waals surface area contributed by atoms with E-state index in [-0.39, 0.29) is 17.6 Å². The maximum absolute atomic E-state index is 11.8. The second kappa shape index (κ2) is 9.22. The van der Waals surface area contributed by atoms with Gasteiger partial charge < -0.3 is 9.84 Å². The molecule has 6 nitrogen and oxygen atoms in total. The number of rotatable bonds is 7. The normalized spacial score (nSPS) is 10.6. The smallest absolute Gasteiger partial charge is 0.311 e. The summed E-state index contributed by atoms with van der Waals surface area (Å²) < 4.78 is 5.21. The van der Waals surface area contributed by atoms with Gasteiger partial charge in [-0.15, -0.1) is 0 Å². The molecule has 0 fully saturated rings. The highest BCUT2D eigenvalue weighted by Gasteiger charge is 2.04. The third kappa shape index (κ3) is 6.10. The number of phenolic OH excluding ortho intramolecular Hbond substituents is 1. The highest BCUT2D eigenvalue weighted by molar-refractivity contribution is 5.95. The lowest BCUT2D eigenvalue weighted by molar-refractivity contribution is -0.134. The number of hydrogen-bond donors (Lipinski definition) is 2. The van der Waals surface area contributed by atoms with Crippen LogP contribution in [0.4, 0.5) is 0 Å². The lowest BCUT2D eigenvalue weighted by atomic mass is 10.2. The van der Waals surface area contributed by atoms with Gasteiger partial charge in [-0.25, -0.2) is 5.43 Å². The van der Waals surface area contributed by atoms with Crippen LogP contribution >= 0.6 is 0 Å². The molecule has 25 heavy (non-hydrogen) atoms. The van der Waals surface area contributed by atoms with Crippen molar-refractivity contribution in [2.75, 3.05) is 0 Å². The average molecular weight is 340 g/mol. The number of esters is 1. The minimum Gasteiger partial charge on any atom is -0.508 e. The Bertz CT molecular complexity index is 737. The molecule has 0 radical (unpaired) electrons. The van der Waals surface area contributed by atoms with Crippen molar-refractivity contribution in [3.8, 4) is 11.5 Å². The van der Waals surface area contributed by atoms with E-state index in [1.54, 1.807) is 24.3 Å². The Morgan fingerprint density at radius 3 is 2.44 bits per heavy atom. The zero-order chi connectivity index (χ0) is 18.1. The number of benzene rings is 2. The number of unbranched alkanes of at least 4 members (excludes halogenated alkanes) is 1. The second-order valence-electron chi connectivity index (χ2n) is 5.39. The molecule has 0 bridgehead atoms. The summed E-state index contributed by atoms with van der Waals surface area (Å²) in [6, 6.07) is 12.7. The van der Waals surface area contributed by atoms with Gasteiger partial charge in [-0.3, -0.25) is 9.59 Å². The largest absolute Gasteiger partial charge is 0.508 e. The van der Waals surface area contributed by atoms with E-state index in [4.69, 9.17) is 4.74 Å². The van der Waals surface area contributed by atoms with Crippen LogP contribution in [0.2, 0.25) is 0 Å². The Hall–Kier alpha value is -3.15. The van der Waals surface area contributed by atoms with Gasteiger partial charge in [-0.05, 0) is 60.5 Å². The topological polar surface area (TPSA) is 88.0 Å². The number of phenols is 1. The number of carbonyl (C=O) groups is 2. The SMILES string of the molecule is CCCCC(=O)Oc1ccc(/C=N/NC(=O)c2ccc(O)cc2)cc1. The fourth-order valence-corrected chi connectivity index (χ4v) is 1.97. The molecule has 0 aliphatic carbocycles. The van der Waals surface area contributed by atoms with Crippen LogP contribution in [0.15, 0.2) is 53.6 Å². The first-order valence-corrected chi connectivity index (χ1v) is 8.01. The summed E-state index contributed by atoms with van der Waals surface area (Å²) in [6.45, 7) is 2.02. The van der Waals surface area contributed by atoms with E-state index < -0.39 is 0 Å². The lowest BCUT2D eigenvalue weighted by Gasteiger charge is -2.04. The van der Waals surface area contributed by atoms with Gasteiger partial charge in [-0.2, -0.15) is 5.10 Å². The number of hydrogen-bond acceptors (Lipinski definition) is 5. The highest BCUT2D eigenvalue weighted by atomic mass is 16.5. The van der Waals surface area contributed by atoms with Gasteiger partial charge in [0.05, 0.1) is 6.21 Å². The van der Waals surface area contributed by atoms with Crippen LogP contribution in [0.5, 0.6) is 11.5 Å². The molecule has 0 aliphatic heterocycles. The zero-order valence-electron chi connectivity index (χ0n) is 13.9. The van der Waals surface area contributed by atoms with Gasteiger partial charge in [0.2, 0.25) is 0 Å². The average Bonchev–Trinajstić information content (AvgIpc) is 2.62. The Kier molecular flexibility index (Phi) is 6.71.